The van der Waals surface area contributed by atoms with Gasteiger partial charge in [0, 0.05) is 12.6 Å². The number of hydrogen-bond donors (Lipinski definition) is 2. The number of aryl methyl sites for hydroxylation is 2. The van der Waals surface area contributed by atoms with Gasteiger partial charge in [0.25, 0.3) is 5.91 Å². The zero-order valence-corrected chi connectivity index (χ0v) is 16.8. The highest BCUT2D eigenvalue weighted by atomic mass is 16.4. The normalized spacial score (nSPS) is 12.2. The van der Waals surface area contributed by atoms with Gasteiger partial charge in [-0.3, -0.25) is 20.0 Å². The van der Waals surface area contributed by atoms with Crippen molar-refractivity contribution in [1.29, 1.82) is 0 Å². The third-order valence-electron chi connectivity index (χ3n) is 4.17. The molecule has 0 saturated heterocycles. The molecule has 0 unspecified atom stereocenters. The number of nitrogens with one attached hydrogen (secondary N) is 1. The highest BCUT2D eigenvalue weighted by Crippen LogP contribution is 2.14. The molecule has 8 nitrogen and oxygen atoms in total. The number of hydrazine groups is 1. The Morgan fingerprint density at radius 2 is 1.86 bits per heavy atom. The number of carboxylic acid groups (broad SMARTS) is 1. The van der Waals surface area contributed by atoms with Crippen molar-refractivity contribution in [2.24, 2.45) is 5.92 Å². The first-order valence-corrected chi connectivity index (χ1v) is 9.41. The molecule has 2 amide bonds. The average molecular weight is 399 g/mol. The maximum absolute atomic E-state index is 13.0. The molecule has 1 heterocycles. The summed E-state index contributed by atoms with van der Waals surface area (Å²) in [7, 11) is 0. The Bertz CT molecular complexity index is 874. The lowest BCUT2D eigenvalue weighted by molar-refractivity contribution is -0.145. The number of benzene rings is 1. The van der Waals surface area contributed by atoms with Crippen molar-refractivity contribution in [3.63, 3.8) is 0 Å². The summed E-state index contributed by atoms with van der Waals surface area (Å²) in [5.74, 6) is -2.94. The van der Waals surface area contributed by atoms with Crippen molar-refractivity contribution in [2.45, 2.75) is 46.1 Å². The van der Waals surface area contributed by atoms with Crippen molar-refractivity contribution in [3.05, 3.63) is 59.7 Å². The fourth-order valence-corrected chi connectivity index (χ4v) is 2.69. The molecule has 0 aliphatic rings. The molecule has 0 bridgehead atoms. The van der Waals surface area contributed by atoms with Crippen LogP contribution in [0.3, 0.4) is 0 Å². The van der Waals surface area contributed by atoms with Crippen LogP contribution in [0.5, 0.6) is 0 Å². The van der Waals surface area contributed by atoms with Gasteiger partial charge in [0.2, 0.25) is 5.91 Å². The third kappa shape index (κ3) is 6.67. The summed E-state index contributed by atoms with van der Waals surface area (Å²) in [6, 6.07) is 7.85. The zero-order chi connectivity index (χ0) is 22.3. The fourth-order valence-electron chi connectivity index (χ4n) is 2.69. The number of hydrogen-bond acceptors (Lipinski definition) is 5. The second-order valence-electron chi connectivity index (χ2n) is 7.16. The standard InChI is InChI=1S/C21H26N4O4/c1-14(2)11-18(21(28)29)25(20(27)17-13-22-15(3)12-23-17)24-19(26)10-9-16-7-5-4-6-8-16/h4-8,12-14,18H,9-11H2,1-3H3,(H,24,26)(H,28,29)/t18-/m0/s1/i/hD. The fraction of sp³-hybridized carbons (Fsp3) is 0.381. The van der Waals surface area contributed by atoms with Crippen LogP contribution in [-0.4, -0.2) is 43.9 Å². The lowest BCUT2D eigenvalue weighted by Crippen LogP contribution is -2.55. The molecular formula is C21H26N4O4. The Balaban J connectivity index is 2.30. The minimum Gasteiger partial charge on any atom is -0.480 e. The highest BCUT2D eigenvalue weighted by Gasteiger charge is 2.33. The second-order valence-corrected chi connectivity index (χ2v) is 7.16. The molecule has 1 aromatic heterocycles. The smallest absolute Gasteiger partial charge is 0.328 e. The Morgan fingerprint density at radius 3 is 2.41 bits per heavy atom. The Kier molecular flexibility index (Phi) is 7.27. The van der Waals surface area contributed by atoms with Gasteiger partial charge < -0.3 is 5.11 Å². The van der Waals surface area contributed by atoms with Crippen molar-refractivity contribution in [3.8, 4) is 0 Å². The highest BCUT2D eigenvalue weighted by molar-refractivity contribution is 5.96. The molecule has 8 heteroatoms. The molecule has 0 aliphatic carbocycles. The molecule has 0 spiro atoms. The summed E-state index contributed by atoms with van der Waals surface area (Å²) in [6.07, 6.45) is 2.96. The number of carbonyl (C=O) groups excluding carboxylic acids is 2. The molecule has 2 N–H and O–H groups in total. The Morgan fingerprint density at radius 1 is 1.17 bits per heavy atom. The van der Waals surface area contributed by atoms with Gasteiger partial charge in [-0.25, -0.2) is 14.8 Å². The minimum absolute atomic E-state index is 0.0507. The monoisotopic (exact) mass is 399 g/mol. The number of aromatic nitrogens is 2. The quantitative estimate of drug-likeness (QED) is 0.659. The number of carbonyl (C=O) groups is 3. The molecule has 29 heavy (non-hydrogen) atoms. The zero-order valence-electron chi connectivity index (χ0n) is 17.8. The van der Waals surface area contributed by atoms with E-state index in [4.69, 9.17) is 1.41 Å². The van der Waals surface area contributed by atoms with Gasteiger partial charge in [0.1, 0.15) is 5.69 Å². The first-order valence-electron chi connectivity index (χ1n) is 9.86. The molecule has 0 aliphatic heterocycles. The van der Waals surface area contributed by atoms with Crippen LogP contribution < -0.4 is 5.42 Å². The van der Waals surface area contributed by atoms with E-state index in [-0.39, 0.29) is 24.5 Å². The first-order chi connectivity index (χ1) is 14.2. The van der Waals surface area contributed by atoms with Gasteiger partial charge in [-0.15, -0.1) is 0 Å². The average Bonchev–Trinajstić information content (AvgIpc) is 2.72. The van der Waals surface area contributed by atoms with E-state index in [1.165, 1.54) is 12.4 Å². The summed E-state index contributed by atoms with van der Waals surface area (Å²) in [5, 5.41) is 10.4. The number of amides is 2. The third-order valence-corrected chi connectivity index (χ3v) is 4.17. The number of nitrogens with zero attached hydrogens (tertiary/aromatic N) is 3. The van der Waals surface area contributed by atoms with E-state index in [1.807, 2.05) is 30.3 Å². The topological polar surface area (TPSA) is 112 Å². The van der Waals surface area contributed by atoms with Crippen LogP contribution in [0.15, 0.2) is 42.7 Å². The van der Waals surface area contributed by atoms with Crippen LogP contribution in [0, 0.1) is 12.8 Å². The molecule has 154 valence electrons. The van der Waals surface area contributed by atoms with Gasteiger partial charge in [-0.05, 0) is 31.2 Å². The van der Waals surface area contributed by atoms with E-state index in [0.717, 1.165) is 5.56 Å². The van der Waals surface area contributed by atoms with Crippen molar-refractivity contribution in [2.75, 3.05) is 0 Å². The summed E-state index contributed by atoms with van der Waals surface area (Å²) >= 11 is 0. The minimum atomic E-state index is -1.39. The SMILES string of the molecule is [2H]N(C(=O)CCc1ccccc1)N(C(=O)c1cnc(C)cn1)[C@@H](CC(C)C)C(=O)O. The summed E-state index contributed by atoms with van der Waals surface area (Å²) in [6.45, 7) is 5.30. The van der Waals surface area contributed by atoms with Crippen molar-refractivity contribution >= 4 is 17.8 Å². The van der Waals surface area contributed by atoms with Gasteiger partial charge in [-0.2, -0.15) is 0 Å². The van der Waals surface area contributed by atoms with Gasteiger partial charge in [0.05, 0.1) is 11.9 Å². The predicted octanol–water partition coefficient (Wildman–Crippen LogP) is 2.39. The molecule has 0 saturated carbocycles. The number of aliphatic carboxylic acids is 1. The maximum Gasteiger partial charge on any atom is 0.328 e. The summed E-state index contributed by atoms with van der Waals surface area (Å²) in [4.78, 5) is 45.6. The van der Waals surface area contributed by atoms with Crippen LogP contribution in [0.1, 0.15) is 48.4 Å². The van der Waals surface area contributed by atoms with Crippen LogP contribution in [0.2, 0.25) is 1.41 Å². The molecule has 1 atom stereocenters. The molecule has 0 fully saturated rings. The molecule has 0 radical (unpaired) electrons. The van der Waals surface area contributed by atoms with Gasteiger partial charge in [0.15, 0.2) is 7.45 Å². The van der Waals surface area contributed by atoms with Crippen LogP contribution in [0.25, 0.3) is 0 Å². The maximum atomic E-state index is 13.0. The number of carboxylic acids is 1. The molecule has 1 aromatic carbocycles. The second kappa shape index (κ2) is 10.3. The van der Waals surface area contributed by atoms with E-state index in [0.29, 0.717) is 22.5 Å². The van der Waals surface area contributed by atoms with Crippen LogP contribution in [-0.2, 0) is 16.0 Å². The van der Waals surface area contributed by atoms with Crippen molar-refractivity contribution in [1.82, 2.24) is 20.4 Å². The van der Waals surface area contributed by atoms with E-state index in [2.05, 4.69) is 9.97 Å². The number of rotatable bonds is 8. The first kappa shape index (κ1) is 20.4. The van der Waals surface area contributed by atoms with E-state index in [1.54, 1.807) is 20.8 Å². The summed E-state index contributed by atoms with van der Waals surface area (Å²) in [5.41, 5.74) is 1.70. The van der Waals surface area contributed by atoms with E-state index < -0.39 is 23.8 Å². The van der Waals surface area contributed by atoms with E-state index >= 15 is 0 Å². The largest absolute Gasteiger partial charge is 0.480 e. The van der Waals surface area contributed by atoms with Crippen molar-refractivity contribution < 1.29 is 20.9 Å². The molecule has 2 rings (SSSR count). The lowest BCUT2D eigenvalue weighted by atomic mass is 10.0. The van der Waals surface area contributed by atoms with Crippen LogP contribution >= 0.6 is 0 Å². The van der Waals surface area contributed by atoms with Crippen LogP contribution in [0.4, 0.5) is 0 Å². The summed E-state index contributed by atoms with van der Waals surface area (Å²) < 4.78 is 8.27. The van der Waals surface area contributed by atoms with Gasteiger partial charge >= 0.3 is 5.97 Å². The van der Waals surface area contributed by atoms with Gasteiger partial charge in [-0.1, -0.05) is 44.2 Å². The van der Waals surface area contributed by atoms with E-state index in [9.17, 15) is 19.5 Å². The Labute approximate surface area is 171 Å². The Hall–Kier alpha value is -3.29. The lowest BCUT2D eigenvalue weighted by Gasteiger charge is -2.30. The molecule has 2 aromatic rings. The predicted molar refractivity (Wildman–Crippen MR) is 107 cm³/mol. The molecular weight excluding hydrogens is 372 g/mol.